The van der Waals surface area contributed by atoms with E-state index in [1.807, 2.05) is 67.6 Å². The van der Waals surface area contributed by atoms with Crippen molar-refractivity contribution in [3.63, 3.8) is 0 Å². The zero-order valence-corrected chi connectivity index (χ0v) is 17.2. The third-order valence-corrected chi connectivity index (χ3v) is 5.72. The normalized spacial score (nSPS) is 12.8. The lowest BCUT2D eigenvalue weighted by Crippen LogP contribution is -2.43. The van der Waals surface area contributed by atoms with Crippen molar-refractivity contribution in [2.24, 2.45) is 0 Å². The number of aryl methyl sites for hydroxylation is 1. The number of carbonyl (C=O) groups excluding carboxylic acids is 1. The highest BCUT2D eigenvalue weighted by atomic mass is 16.1. The Morgan fingerprint density at radius 1 is 0.821 bits per heavy atom. The number of carbonyl (C=O) groups is 1. The van der Waals surface area contributed by atoms with Crippen molar-refractivity contribution in [2.45, 2.75) is 31.7 Å². The number of hydrogen-bond donors (Lipinski definition) is 0. The quantitative estimate of drug-likeness (QED) is 0.511. The molecule has 0 spiro atoms. The Labute approximate surface area is 168 Å². The molecule has 0 heterocycles. The molecule has 0 amide bonds. The minimum absolute atomic E-state index is 0.151. The summed E-state index contributed by atoms with van der Waals surface area (Å²) in [5.41, 5.74) is 3.26. The lowest BCUT2D eigenvalue weighted by molar-refractivity contribution is 0.0882. The summed E-state index contributed by atoms with van der Waals surface area (Å²) in [6, 6.07) is 28.6. The second-order valence-electron chi connectivity index (χ2n) is 7.85. The van der Waals surface area contributed by atoms with Gasteiger partial charge in [-0.2, -0.15) is 0 Å². The van der Waals surface area contributed by atoms with Crippen LogP contribution < -0.4 is 0 Å². The zero-order chi connectivity index (χ0) is 20.1. The number of rotatable bonds is 7. The highest BCUT2D eigenvalue weighted by Gasteiger charge is 2.43. The molecule has 0 aliphatic heterocycles. The number of hydrogen-bond acceptors (Lipinski definition) is 2. The topological polar surface area (TPSA) is 20.3 Å². The number of nitrogens with zero attached hydrogens (tertiary/aromatic N) is 1. The molecule has 3 rings (SSSR count). The number of Topliss-reactive ketones (excluding diaryl/α,β-unsaturated/α-hetero) is 1. The predicted molar refractivity (Wildman–Crippen MR) is 117 cm³/mol. The van der Waals surface area contributed by atoms with Crippen molar-refractivity contribution in [2.75, 3.05) is 14.1 Å². The van der Waals surface area contributed by atoms with Crippen LogP contribution in [0.4, 0.5) is 0 Å². The van der Waals surface area contributed by atoms with Gasteiger partial charge in [0.05, 0.1) is 5.41 Å². The lowest BCUT2D eigenvalue weighted by atomic mass is 9.66. The average Bonchev–Trinajstić information content (AvgIpc) is 2.73. The summed E-state index contributed by atoms with van der Waals surface area (Å²) in [5.74, 6) is 0.151. The molecule has 2 nitrogen and oxygen atoms in total. The average molecular weight is 372 g/mol. The van der Waals surface area contributed by atoms with E-state index >= 15 is 0 Å². The highest BCUT2D eigenvalue weighted by Crippen LogP contribution is 2.40. The van der Waals surface area contributed by atoms with Crippen LogP contribution in [0.3, 0.4) is 0 Å². The summed E-state index contributed by atoms with van der Waals surface area (Å²) in [4.78, 5) is 16.3. The molecule has 0 aromatic heterocycles. The van der Waals surface area contributed by atoms with E-state index in [0.29, 0.717) is 6.42 Å². The Kier molecular flexibility index (Phi) is 6.11. The van der Waals surface area contributed by atoms with Crippen molar-refractivity contribution in [1.82, 2.24) is 4.90 Å². The first-order valence-corrected chi connectivity index (χ1v) is 9.84. The summed E-state index contributed by atoms with van der Waals surface area (Å²) < 4.78 is 0. The third-order valence-electron chi connectivity index (χ3n) is 5.72. The van der Waals surface area contributed by atoms with E-state index in [-0.39, 0.29) is 11.8 Å². The van der Waals surface area contributed by atoms with Crippen molar-refractivity contribution in [1.29, 1.82) is 0 Å². The number of ketones is 1. The van der Waals surface area contributed by atoms with Crippen LogP contribution in [-0.4, -0.2) is 30.8 Å². The molecule has 0 bridgehead atoms. The summed E-state index contributed by atoms with van der Waals surface area (Å²) in [6.07, 6.45) is 0.709. The Morgan fingerprint density at radius 3 is 1.71 bits per heavy atom. The smallest absolute Gasteiger partial charge is 0.177 e. The lowest BCUT2D eigenvalue weighted by Gasteiger charge is -2.38. The van der Waals surface area contributed by atoms with E-state index in [0.717, 1.165) is 22.3 Å². The van der Waals surface area contributed by atoms with E-state index in [1.165, 1.54) is 0 Å². The molecule has 0 N–H and O–H groups in total. The molecular formula is C26H29NO. The molecule has 3 aromatic rings. The molecule has 28 heavy (non-hydrogen) atoms. The van der Waals surface area contributed by atoms with Crippen LogP contribution in [0.2, 0.25) is 0 Å². The van der Waals surface area contributed by atoms with E-state index in [9.17, 15) is 4.79 Å². The van der Waals surface area contributed by atoms with Gasteiger partial charge in [0.25, 0.3) is 0 Å². The van der Waals surface area contributed by atoms with Gasteiger partial charge in [0.1, 0.15) is 0 Å². The molecular weight excluding hydrogens is 342 g/mol. The van der Waals surface area contributed by atoms with E-state index in [1.54, 1.807) is 0 Å². The van der Waals surface area contributed by atoms with Gasteiger partial charge in [-0.05, 0) is 45.5 Å². The van der Waals surface area contributed by atoms with Crippen LogP contribution >= 0.6 is 0 Å². The highest BCUT2D eigenvalue weighted by molar-refractivity contribution is 6.06. The van der Waals surface area contributed by atoms with Gasteiger partial charge < -0.3 is 4.90 Å². The van der Waals surface area contributed by atoms with Crippen LogP contribution in [0, 0.1) is 6.92 Å². The first-order chi connectivity index (χ1) is 13.4. The zero-order valence-electron chi connectivity index (χ0n) is 17.2. The minimum Gasteiger partial charge on any atom is -0.307 e. The van der Waals surface area contributed by atoms with Crippen LogP contribution in [0.5, 0.6) is 0 Å². The molecule has 3 aromatic carbocycles. The second-order valence-corrected chi connectivity index (χ2v) is 7.85. The van der Waals surface area contributed by atoms with Crippen molar-refractivity contribution < 1.29 is 4.79 Å². The fraction of sp³-hybridized carbons (Fsp3) is 0.269. The predicted octanol–water partition coefficient (Wildman–Crippen LogP) is 5.50. The Balaban J connectivity index is 2.26. The standard InChI is InChI=1S/C26H29NO/c1-20-15-17-22(18-16-20)25(28)26(19-21(2)27(3)4,23-11-7-5-8-12-23)24-13-9-6-10-14-24/h5-18,21H,19H2,1-4H3/t21-/m0/s1. The molecule has 0 unspecified atom stereocenters. The Morgan fingerprint density at radius 2 is 1.29 bits per heavy atom. The Bertz CT molecular complexity index is 859. The van der Waals surface area contributed by atoms with Gasteiger partial charge in [-0.1, -0.05) is 90.5 Å². The second kappa shape index (κ2) is 8.53. The molecule has 144 valence electrons. The molecule has 0 aliphatic carbocycles. The first-order valence-electron chi connectivity index (χ1n) is 9.84. The van der Waals surface area contributed by atoms with Crippen LogP contribution in [0.15, 0.2) is 84.9 Å². The van der Waals surface area contributed by atoms with Gasteiger partial charge in [-0.25, -0.2) is 0 Å². The summed E-state index contributed by atoms with van der Waals surface area (Å²) in [5, 5.41) is 0. The van der Waals surface area contributed by atoms with Crippen LogP contribution in [0.1, 0.15) is 40.4 Å². The van der Waals surface area contributed by atoms with Gasteiger partial charge in [0.15, 0.2) is 5.78 Å². The molecule has 0 fully saturated rings. The molecule has 0 saturated carbocycles. The fourth-order valence-electron chi connectivity index (χ4n) is 3.78. The third kappa shape index (κ3) is 3.93. The largest absolute Gasteiger partial charge is 0.307 e. The summed E-state index contributed by atoms with van der Waals surface area (Å²) >= 11 is 0. The van der Waals surface area contributed by atoms with Crippen LogP contribution in [-0.2, 0) is 5.41 Å². The monoisotopic (exact) mass is 371 g/mol. The number of benzene rings is 3. The van der Waals surface area contributed by atoms with Gasteiger partial charge in [-0.15, -0.1) is 0 Å². The molecule has 2 heteroatoms. The molecule has 0 radical (unpaired) electrons. The van der Waals surface area contributed by atoms with Gasteiger partial charge >= 0.3 is 0 Å². The maximum atomic E-state index is 14.1. The van der Waals surface area contributed by atoms with E-state index in [2.05, 4.69) is 50.2 Å². The minimum atomic E-state index is -0.735. The molecule has 1 atom stereocenters. The maximum Gasteiger partial charge on any atom is 0.177 e. The van der Waals surface area contributed by atoms with Crippen molar-refractivity contribution >= 4 is 5.78 Å². The SMILES string of the molecule is Cc1ccc(C(=O)C(C[C@H](C)N(C)C)(c2ccccc2)c2ccccc2)cc1. The fourth-order valence-corrected chi connectivity index (χ4v) is 3.78. The first kappa shape index (κ1) is 20.0. The summed E-state index contributed by atoms with van der Waals surface area (Å²) in [7, 11) is 4.14. The van der Waals surface area contributed by atoms with E-state index < -0.39 is 5.41 Å². The molecule has 0 aliphatic rings. The van der Waals surface area contributed by atoms with E-state index in [4.69, 9.17) is 0 Å². The van der Waals surface area contributed by atoms with Gasteiger partial charge in [-0.3, -0.25) is 4.79 Å². The van der Waals surface area contributed by atoms with Crippen LogP contribution in [0.25, 0.3) is 0 Å². The van der Waals surface area contributed by atoms with Gasteiger partial charge in [0.2, 0.25) is 0 Å². The molecule has 0 saturated heterocycles. The summed E-state index contributed by atoms with van der Waals surface area (Å²) in [6.45, 7) is 4.23. The van der Waals surface area contributed by atoms with Gasteiger partial charge in [0, 0.05) is 11.6 Å². The maximum absolute atomic E-state index is 14.1. The van der Waals surface area contributed by atoms with Crippen molar-refractivity contribution in [3.05, 3.63) is 107 Å². The van der Waals surface area contributed by atoms with Crippen molar-refractivity contribution in [3.8, 4) is 0 Å². The Hall–Kier alpha value is -2.71.